The second kappa shape index (κ2) is 13.3. The fraction of sp³-hybridized carbons (Fsp3) is 0.600. The lowest BCUT2D eigenvalue weighted by Crippen LogP contribution is -2.52. The first-order valence-corrected chi connectivity index (χ1v) is 9.11. The molecular weight excluding hydrogens is 408 g/mol. The van der Waals surface area contributed by atoms with Crippen LogP contribution in [0.2, 0.25) is 0 Å². The number of carboxylic acid groups (broad SMARTS) is 1. The molecule has 0 aliphatic carbocycles. The third-order valence-electron chi connectivity index (χ3n) is 3.34. The number of nitrogens with one attached hydrogen (secondary N) is 5. The molecule has 0 heterocycles. The number of amides is 5. The molecule has 0 aliphatic rings. The highest BCUT2D eigenvalue weighted by Crippen LogP contribution is 1.86. The molecule has 0 saturated carbocycles. The zero-order chi connectivity index (χ0) is 22.6. The Labute approximate surface area is 172 Å². The van der Waals surface area contributed by atoms with Crippen LogP contribution in [0.1, 0.15) is 13.8 Å². The van der Waals surface area contributed by atoms with Gasteiger partial charge < -0.3 is 37.4 Å². The van der Waals surface area contributed by atoms with Gasteiger partial charge in [0.05, 0.1) is 19.1 Å². The summed E-state index contributed by atoms with van der Waals surface area (Å²) in [4.78, 5) is 68.7. The molecule has 13 nitrogen and oxygen atoms in total. The Balaban J connectivity index is 4.23. The second-order valence-electron chi connectivity index (χ2n) is 5.91. The number of carboxylic acids is 1. The van der Waals surface area contributed by atoms with Gasteiger partial charge in [-0.05, 0) is 13.8 Å². The molecule has 0 spiro atoms. The lowest BCUT2D eigenvalue weighted by Gasteiger charge is -2.16. The van der Waals surface area contributed by atoms with Gasteiger partial charge in [0.15, 0.2) is 0 Å². The summed E-state index contributed by atoms with van der Waals surface area (Å²) in [6.07, 6.45) is 0. The van der Waals surface area contributed by atoms with Gasteiger partial charge in [0.1, 0.15) is 18.6 Å². The maximum atomic E-state index is 11.9. The van der Waals surface area contributed by atoms with E-state index in [1.807, 2.05) is 0 Å². The number of thiol groups is 1. The van der Waals surface area contributed by atoms with Crippen LogP contribution in [0.3, 0.4) is 0 Å². The molecule has 164 valence electrons. The van der Waals surface area contributed by atoms with Crippen LogP contribution in [-0.2, 0) is 28.8 Å². The van der Waals surface area contributed by atoms with Crippen LogP contribution >= 0.6 is 12.6 Å². The van der Waals surface area contributed by atoms with Gasteiger partial charge >= 0.3 is 5.97 Å². The average Bonchev–Trinajstić information content (AvgIpc) is 2.67. The quantitative estimate of drug-likeness (QED) is 0.140. The van der Waals surface area contributed by atoms with E-state index in [2.05, 4.69) is 39.2 Å². The van der Waals surface area contributed by atoms with E-state index in [9.17, 15) is 28.8 Å². The summed E-state index contributed by atoms with van der Waals surface area (Å²) in [5.74, 6) is -4.39. The van der Waals surface area contributed by atoms with Crippen LogP contribution in [0, 0.1) is 0 Å². The summed E-state index contributed by atoms with van der Waals surface area (Å²) >= 11 is 3.85. The van der Waals surface area contributed by atoms with Crippen LogP contribution in [0.5, 0.6) is 0 Å². The molecule has 0 saturated heterocycles. The van der Waals surface area contributed by atoms with E-state index in [1.54, 1.807) is 0 Å². The highest BCUT2D eigenvalue weighted by molar-refractivity contribution is 7.80. The lowest BCUT2D eigenvalue weighted by atomic mass is 10.3. The van der Waals surface area contributed by atoms with Gasteiger partial charge in [-0.2, -0.15) is 12.6 Å². The SMILES string of the molecule is CC(NC(=O)CNC(=O)C(N)CS)C(=O)NCC(=O)NC(C)C(=O)NCC(=O)O. The summed E-state index contributed by atoms with van der Waals surface area (Å²) < 4.78 is 0. The number of hydrogen-bond acceptors (Lipinski definition) is 8. The van der Waals surface area contributed by atoms with E-state index >= 15 is 0 Å². The fourth-order valence-corrected chi connectivity index (χ4v) is 1.90. The summed E-state index contributed by atoms with van der Waals surface area (Å²) in [5, 5.41) is 19.7. The topological polar surface area (TPSA) is 209 Å². The molecular formula is C15H26N6O7S. The minimum atomic E-state index is -1.23. The molecule has 0 fully saturated rings. The Hall–Kier alpha value is -2.87. The Morgan fingerprint density at radius 2 is 1.17 bits per heavy atom. The van der Waals surface area contributed by atoms with Gasteiger partial charge in [-0.1, -0.05) is 0 Å². The van der Waals surface area contributed by atoms with Gasteiger partial charge in [0.25, 0.3) is 0 Å². The smallest absolute Gasteiger partial charge is 0.322 e. The standard InChI is InChI=1S/C15H26N6O7S/c1-7(20-11(23)4-18-15(28)9(16)6-29)13(26)17-3-10(22)21-8(2)14(27)19-5-12(24)25/h7-9,29H,3-6,16H2,1-2H3,(H,17,26)(H,18,28)(H,19,27)(H,20,23)(H,21,22)(H,24,25). The zero-order valence-corrected chi connectivity index (χ0v) is 16.9. The number of hydrogen-bond donors (Lipinski definition) is 8. The molecule has 14 heteroatoms. The predicted molar refractivity (Wildman–Crippen MR) is 104 cm³/mol. The van der Waals surface area contributed by atoms with E-state index in [1.165, 1.54) is 13.8 Å². The Morgan fingerprint density at radius 3 is 1.55 bits per heavy atom. The highest BCUT2D eigenvalue weighted by atomic mass is 32.1. The molecule has 5 amide bonds. The van der Waals surface area contributed by atoms with E-state index in [4.69, 9.17) is 10.8 Å². The second-order valence-corrected chi connectivity index (χ2v) is 6.28. The van der Waals surface area contributed by atoms with Crippen LogP contribution < -0.4 is 32.3 Å². The number of aliphatic carboxylic acids is 1. The van der Waals surface area contributed by atoms with Crippen LogP contribution in [0.15, 0.2) is 0 Å². The van der Waals surface area contributed by atoms with Crippen molar-refractivity contribution in [1.82, 2.24) is 26.6 Å². The van der Waals surface area contributed by atoms with Gasteiger partial charge in [-0.3, -0.25) is 28.8 Å². The van der Waals surface area contributed by atoms with Crippen molar-refractivity contribution in [3.63, 3.8) is 0 Å². The fourth-order valence-electron chi connectivity index (χ4n) is 1.73. The summed E-state index contributed by atoms with van der Waals surface area (Å²) in [6, 6.07) is -2.87. The van der Waals surface area contributed by atoms with E-state index in [-0.39, 0.29) is 12.3 Å². The summed E-state index contributed by atoms with van der Waals surface area (Å²) in [5.41, 5.74) is 5.43. The molecule has 0 aliphatic heterocycles. The molecule has 0 rings (SSSR count). The monoisotopic (exact) mass is 434 g/mol. The van der Waals surface area contributed by atoms with Crippen LogP contribution in [0.4, 0.5) is 0 Å². The molecule has 3 atom stereocenters. The van der Waals surface area contributed by atoms with Crippen molar-refractivity contribution >= 4 is 48.1 Å². The first kappa shape index (κ1) is 26.1. The van der Waals surface area contributed by atoms with Crippen molar-refractivity contribution in [2.45, 2.75) is 32.0 Å². The number of carbonyl (C=O) groups excluding carboxylic acids is 5. The third-order valence-corrected chi connectivity index (χ3v) is 3.73. The summed E-state index contributed by atoms with van der Waals surface area (Å²) in [7, 11) is 0. The first-order chi connectivity index (χ1) is 13.5. The molecule has 0 bridgehead atoms. The van der Waals surface area contributed by atoms with E-state index < -0.39 is 66.7 Å². The van der Waals surface area contributed by atoms with Gasteiger partial charge in [0, 0.05) is 5.75 Å². The molecule has 0 aromatic heterocycles. The maximum Gasteiger partial charge on any atom is 0.322 e. The van der Waals surface area contributed by atoms with Crippen molar-refractivity contribution < 1.29 is 33.9 Å². The largest absolute Gasteiger partial charge is 0.480 e. The summed E-state index contributed by atoms with van der Waals surface area (Å²) in [6.45, 7) is 1.26. The Kier molecular flexibility index (Phi) is 12.0. The van der Waals surface area contributed by atoms with Gasteiger partial charge in [-0.25, -0.2) is 0 Å². The first-order valence-electron chi connectivity index (χ1n) is 8.48. The van der Waals surface area contributed by atoms with Crippen molar-refractivity contribution in [3.8, 4) is 0 Å². The molecule has 0 aromatic carbocycles. The van der Waals surface area contributed by atoms with Gasteiger partial charge in [0.2, 0.25) is 29.5 Å². The molecule has 3 unspecified atom stereocenters. The normalized spacial score (nSPS) is 13.2. The minimum Gasteiger partial charge on any atom is -0.480 e. The molecule has 29 heavy (non-hydrogen) atoms. The average molecular weight is 434 g/mol. The maximum absolute atomic E-state index is 11.9. The minimum absolute atomic E-state index is 0.105. The highest BCUT2D eigenvalue weighted by Gasteiger charge is 2.19. The molecule has 8 N–H and O–H groups in total. The number of rotatable bonds is 12. The van der Waals surface area contributed by atoms with Crippen LogP contribution in [0.25, 0.3) is 0 Å². The predicted octanol–water partition coefficient (Wildman–Crippen LogP) is -4.31. The van der Waals surface area contributed by atoms with Gasteiger partial charge in [-0.15, -0.1) is 0 Å². The Morgan fingerprint density at radius 1 is 0.793 bits per heavy atom. The molecule has 0 aromatic rings. The van der Waals surface area contributed by atoms with Crippen molar-refractivity contribution in [1.29, 1.82) is 0 Å². The molecule has 0 radical (unpaired) electrons. The van der Waals surface area contributed by atoms with E-state index in [0.717, 1.165) is 0 Å². The third kappa shape index (κ3) is 11.5. The number of nitrogens with two attached hydrogens (primary N) is 1. The Bertz CT molecular complexity index is 645. The van der Waals surface area contributed by atoms with Crippen molar-refractivity contribution in [3.05, 3.63) is 0 Å². The lowest BCUT2D eigenvalue weighted by molar-refractivity contribution is -0.138. The van der Waals surface area contributed by atoms with Crippen molar-refractivity contribution in [2.75, 3.05) is 25.4 Å². The number of carbonyl (C=O) groups is 6. The van der Waals surface area contributed by atoms with E-state index in [0.29, 0.717) is 0 Å². The van der Waals surface area contributed by atoms with Crippen molar-refractivity contribution in [2.24, 2.45) is 5.73 Å². The van der Waals surface area contributed by atoms with Crippen LogP contribution in [-0.4, -0.2) is 84.1 Å². The zero-order valence-electron chi connectivity index (χ0n) is 16.0.